The summed E-state index contributed by atoms with van der Waals surface area (Å²) in [7, 11) is -3.59. The predicted molar refractivity (Wildman–Crippen MR) is 187 cm³/mol. The Hall–Kier alpha value is -4.58. The van der Waals surface area contributed by atoms with Crippen molar-refractivity contribution in [3.8, 4) is 28.4 Å². The minimum absolute atomic E-state index is 0.133. The van der Waals surface area contributed by atoms with Gasteiger partial charge in [0.15, 0.2) is 6.61 Å². The van der Waals surface area contributed by atoms with Crippen molar-refractivity contribution >= 4 is 21.7 Å². The number of rotatable bonds is 17. The molecular formula is C37H44N2O8S. The molecule has 2 atom stereocenters. The van der Waals surface area contributed by atoms with E-state index < -0.39 is 22.1 Å². The van der Waals surface area contributed by atoms with Crippen LogP contribution in [0.2, 0.25) is 0 Å². The second-order valence-corrected chi connectivity index (χ2v) is 13.2. The molecule has 0 saturated carbocycles. The van der Waals surface area contributed by atoms with E-state index in [9.17, 15) is 18.3 Å². The summed E-state index contributed by atoms with van der Waals surface area (Å²) < 4.78 is 49.1. The molecule has 4 aromatic rings. The molecular weight excluding hydrogens is 632 g/mol. The van der Waals surface area contributed by atoms with Crippen LogP contribution in [0.5, 0.6) is 17.2 Å². The fourth-order valence-electron chi connectivity index (χ4n) is 5.15. The van der Waals surface area contributed by atoms with Gasteiger partial charge in [-0.15, -0.1) is 0 Å². The molecule has 0 aromatic heterocycles. The highest BCUT2D eigenvalue weighted by atomic mass is 32.2. The maximum absolute atomic E-state index is 12.1. The zero-order chi connectivity index (χ0) is 34.7. The average Bonchev–Trinajstić information content (AvgIpc) is 3.05. The number of esters is 1. The Kier molecular flexibility index (Phi) is 12.8. The third-order valence-electron chi connectivity index (χ3n) is 7.48. The largest absolute Gasteiger partial charge is 0.492 e. The van der Waals surface area contributed by atoms with Gasteiger partial charge in [0, 0.05) is 12.6 Å². The minimum atomic E-state index is -3.59. The number of benzene rings is 4. The summed E-state index contributed by atoms with van der Waals surface area (Å²) in [6, 6.07) is 25.8. The van der Waals surface area contributed by atoms with Crippen LogP contribution < -0.4 is 24.2 Å². The molecule has 0 aliphatic heterocycles. The zero-order valence-electron chi connectivity index (χ0n) is 28.0. The second-order valence-electron chi connectivity index (χ2n) is 11.5. The molecule has 48 heavy (non-hydrogen) atoms. The molecule has 0 aliphatic rings. The summed E-state index contributed by atoms with van der Waals surface area (Å²) in [5, 5.41) is 14.4. The number of anilines is 1. The van der Waals surface area contributed by atoms with Crippen LogP contribution >= 0.6 is 0 Å². The number of carbonyl (C=O) groups excluding carboxylic acids is 1. The van der Waals surface area contributed by atoms with E-state index in [1.807, 2.05) is 75.4 Å². The summed E-state index contributed by atoms with van der Waals surface area (Å²) in [6.45, 7) is 8.89. The first-order chi connectivity index (χ1) is 22.9. The topological polar surface area (TPSA) is 132 Å². The number of nitrogens with one attached hydrogen (secondary N) is 2. The van der Waals surface area contributed by atoms with Crippen molar-refractivity contribution in [2.45, 2.75) is 46.4 Å². The number of ether oxygens (including phenoxy) is 4. The smallest absolute Gasteiger partial charge is 0.344 e. The molecule has 0 bridgehead atoms. The molecule has 10 nitrogen and oxygen atoms in total. The molecule has 3 N–H and O–H groups in total. The van der Waals surface area contributed by atoms with Crippen molar-refractivity contribution in [2.24, 2.45) is 0 Å². The highest BCUT2D eigenvalue weighted by molar-refractivity contribution is 7.92. The SMILES string of the molecule is CCOC(=O)COc1ccc(-c2cc(C)c(OCCN[C@@H](C)[C@H](O)c3ccc(OCc4ccccc4)c(NS(C)(=O)=O)c3)c(C)c2)cc1. The maximum atomic E-state index is 12.1. The Morgan fingerprint density at radius 2 is 1.56 bits per heavy atom. The van der Waals surface area contributed by atoms with Gasteiger partial charge in [-0.2, -0.15) is 0 Å². The second kappa shape index (κ2) is 17.0. The summed E-state index contributed by atoms with van der Waals surface area (Å²) in [5.41, 5.74) is 5.75. The van der Waals surface area contributed by atoms with Gasteiger partial charge in [-0.25, -0.2) is 13.2 Å². The first kappa shape index (κ1) is 36.3. The Morgan fingerprint density at radius 1 is 0.875 bits per heavy atom. The summed E-state index contributed by atoms with van der Waals surface area (Å²) in [6.07, 6.45) is 0.153. The van der Waals surface area contributed by atoms with Gasteiger partial charge in [-0.3, -0.25) is 4.72 Å². The molecule has 0 fully saturated rings. The van der Waals surface area contributed by atoms with Crippen molar-refractivity contribution < 1.29 is 37.3 Å². The summed E-state index contributed by atoms with van der Waals surface area (Å²) in [4.78, 5) is 11.5. The molecule has 0 unspecified atom stereocenters. The van der Waals surface area contributed by atoms with Crippen molar-refractivity contribution in [1.82, 2.24) is 5.32 Å². The molecule has 4 rings (SSSR count). The van der Waals surface area contributed by atoms with Crippen LogP contribution in [0.1, 0.15) is 42.2 Å². The predicted octanol–water partition coefficient (Wildman–Crippen LogP) is 5.95. The van der Waals surface area contributed by atoms with Gasteiger partial charge in [0.2, 0.25) is 10.0 Å². The lowest BCUT2D eigenvalue weighted by Crippen LogP contribution is -2.35. The number of aryl methyl sites for hydroxylation is 2. The maximum Gasteiger partial charge on any atom is 0.344 e. The Morgan fingerprint density at radius 3 is 2.21 bits per heavy atom. The fourth-order valence-corrected chi connectivity index (χ4v) is 5.70. The Balaban J connectivity index is 1.32. The van der Waals surface area contributed by atoms with Crippen LogP contribution in [0.25, 0.3) is 11.1 Å². The normalized spacial score (nSPS) is 12.5. The van der Waals surface area contributed by atoms with E-state index in [4.69, 9.17) is 18.9 Å². The molecule has 0 amide bonds. The van der Waals surface area contributed by atoms with Gasteiger partial charge in [-0.05, 0) is 97.5 Å². The minimum Gasteiger partial charge on any atom is -0.492 e. The number of hydrogen-bond donors (Lipinski definition) is 3. The highest BCUT2D eigenvalue weighted by Gasteiger charge is 2.19. The molecule has 4 aromatic carbocycles. The van der Waals surface area contributed by atoms with E-state index in [0.717, 1.165) is 39.8 Å². The number of sulfonamides is 1. The monoisotopic (exact) mass is 676 g/mol. The lowest BCUT2D eigenvalue weighted by molar-refractivity contribution is -0.145. The van der Waals surface area contributed by atoms with Crippen LogP contribution in [0.15, 0.2) is 84.9 Å². The molecule has 0 radical (unpaired) electrons. The Labute approximate surface area is 283 Å². The molecule has 0 saturated heterocycles. The van der Waals surface area contributed by atoms with Gasteiger partial charge in [-0.1, -0.05) is 48.5 Å². The van der Waals surface area contributed by atoms with Crippen LogP contribution in [-0.4, -0.2) is 58.2 Å². The highest BCUT2D eigenvalue weighted by Crippen LogP contribution is 2.32. The van der Waals surface area contributed by atoms with Gasteiger partial charge in [0.1, 0.15) is 30.5 Å². The standard InChI is InChI=1S/C37H44N2O8S/c1-6-44-35(40)24-46-32-15-12-29(13-16-32)31-20-25(2)37(26(3)21-31)45-19-18-38-27(4)36(41)30-14-17-34(33(22-30)39-48(5,42)43)47-23-28-10-8-7-9-11-28/h7-17,20-22,27,36,38-39,41H,6,18-19,23-24H2,1-5H3/t27-,36-/m0/s1. The van der Waals surface area contributed by atoms with E-state index in [2.05, 4.69) is 22.2 Å². The van der Waals surface area contributed by atoms with Crippen LogP contribution in [0.3, 0.4) is 0 Å². The van der Waals surface area contributed by atoms with Gasteiger partial charge >= 0.3 is 5.97 Å². The van der Waals surface area contributed by atoms with E-state index in [1.165, 1.54) is 0 Å². The van der Waals surface area contributed by atoms with Crippen LogP contribution in [-0.2, 0) is 26.2 Å². The molecule has 0 aliphatic carbocycles. The fraction of sp³-hybridized carbons (Fsp3) is 0.324. The zero-order valence-corrected chi connectivity index (χ0v) is 28.8. The van der Waals surface area contributed by atoms with Gasteiger partial charge in [0.05, 0.1) is 24.7 Å². The third kappa shape index (κ3) is 10.7. The first-order valence-corrected chi connectivity index (χ1v) is 17.7. The first-order valence-electron chi connectivity index (χ1n) is 15.8. The average molecular weight is 677 g/mol. The third-order valence-corrected chi connectivity index (χ3v) is 8.07. The number of hydrogen-bond acceptors (Lipinski definition) is 9. The summed E-state index contributed by atoms with van der Waals surface area (Å²) in [5.74, 6) is 1.34. The molecule has 0 spiro atoms. The van der Waals surface area contributed by atoms with Crippen molar-refractivity contribution in [1.29, 1.82) is 0 Å². The van der Waals surface area contributed by atoms with Crippen molar-refractivity contribution in [2.75, 3.05) is 37.3 Å². The lowest BCUT2D eigenvalue weighted by atomic mass is 9.99. The lowest BCUT2D eigenvalue weighted by Gasteiger charge is -2.23. The van der Waals surface area contributed by atoms with E-state index >= 15 is 0 Å². The number of aliphatic hydroxyl groups excluding tert-OH is 1. The quantitative estimate of drug-likeness (QED) is 0.0917. The van der Waals surface area contributed by atoms with Gasteiger partial charge in [0.25, 0.3) is 0 Å². The van der Waals surface area contributed by atoms with Crippen LogP contribution in [0.4, 0.5) is 5.69 Å². The van der Waals surface area contributed by atoms with Crippen LogP contribution in [0, 0.1) is 13.8 Å². The van der Waals surface area contributed by atoms with E-state index in [1.54, 1.807) is 25.1 Å². The van der Waals surface area contributed by atoms with Crippen molar-refractivity contribution in [3.05, 3.63) is 107 Å². The van der Waals surface area contributed by atoms with E-state index in [0.29, 0.717) is 36.8 Å². The molecule has 11 heteroatoms. The molecule has 256 valence electrons. The van der Waals surface area contributed by atoms with Gasteiger partial charge < -0.3 is 29.4 Å². The Bertz CT molecular complexity index is 1740. The number of carbonyl (C=O) groups is 1. The summed E-state index contributed by atoms with van der Waals surface area (Å²) >= 11 is 0. The number of aliphatic hydroxyl groups is 1. The van der Waals surface area contributed by atoms with Crippen molar-refractivity contribution in [3.63, 3.8) is 0 Å². The van der Waals surface area contributed by atoms with E-state index in [-0.39, 0.29) is 24.9 Å². The molecule has 0 heterocycles.